The van der Waals surface area contributed by atoms with Crippen molar-refractivity contribution in [1.29, 1.82) is 0 Å². The van der Waals surface area contributed by atoms with E-state index in [0.717, 1.165) is 28.5 Å². The highest BCUT2D eigenvalue weighted by atomic mass is 35.5. The summed E-state index contributed by atoms with van der Waals surface area (Å²) in [6.07, 6.45) is 3.64. The first-order valence-corrected chi connectivity index (χ1v) is 9.16. The second-order valence-electron chi connectivity index (χ2n) is 6.22. The summed E-state index contributed by atoms with van der Waals surface area (Å²) in [4.78, 5) is 4.19. The normalized spacial score (nSPS) is 10.6. The fraction of sp³-hybridized carbons (Fsp3) is 0.0952. The average Bonchev–Trinajstić information content (AvgIpc) is 3.18. The number of para-hydroxylation sites is 1. The monoisotopic (exact) mass is 391 g/mol. The number of halogens is 1. The zero-order chi connectivity index (χ0) is 19.3. The van der Waals surface area contributed by atoms with Crippen LogP contribution in [-0.4, -0.2) is 20.0 Å². The molecular formula is C21H18ClN5O. The van der Waals surface area contributed by atoms with Crippen molar-refractivity contribution in [3.63, 3.8) is 0 Å². The highest BCUT2D eigenvalue weighted by Crippen LogP contribution is 2.30. The van der Waals surface area contributed by atoms with Gasteiger partial charge < -0.3 is 10.1 Å². The summed E-state index contributed by atoms with van der Waals surface area (Å²) in [5, 5.41) is 12.2. The standard InChI is InChI=1S/C21H18ClN5O/c1-15-11-16(9-10-23-15)24-13-17-14-27(26-25-17)18-7-8-21(20(22)12-18)28-19-5-3-2-4-6-19/h2-12,14H,13H2,1H3,(H,23,24). The van der Waals surface area contributed by atoms with E-state index in [1.165, 1.54) is 0 Å². The third-order valence-corrected chi connectivity index (χ3v) is 4.36. The van der Waals surface area contributed by atoms with Gasteiger partial charge >= 0.3 is 0 Å². The largest absolute Gasteiger partial charge is 0.456 e. The topological polar surface area (TPSA) is 64.9 Å². The van der Waals surface area contributed by atoms with Crippen LogP contribution >= 0.6 is 11.6 Å². The molecule has 0 bridgehead atoms. The number of nitrogens with one attached hydrogen (secondary N) is 1. The van der Waals surface area contributed by atoms with Gasteiger partial charge in [-0.1, -0.05) is 35.0 Å². The molecule has 0 atom stereocenters. The van der Waals surface area contributed by atoms with Crippen LogP contribution in [0.5, 0.6) is 11.5 Å². The highest BCUT2D eigenvalue weighted by molar-refractivity contribution is 6.32. The number of pyridine rings is 1. The van der Waals surface area contributed by atoms with Gasteiger partial charge in [-0.3, -0.25) is 4.98 Å². The van der Waals surface area contributed by atoms with Gasteiger partial charge in [0.25, 0.3) is 0 Å². The smallest absolute Gasteiger partial charge is 0.146 e. The Balaban J connectivity index is 1.45. The summed E-state index contributed by atoms with van der Waals surface area (Å²) in [7, 11) is 0. The Kier molecular flexibility index (Phi) is 5.21. The number of benzene rings is 2. The van der Waals surface area contributed by atoms with Crippen molar-refractivity contribution in [3.8, 4) is 17.2 Å². The van der Waals surface area contributed by atoms with Gasteiger partial charge in [-0.05, 0) is 49.4 Å². The van der Waals surface area contributed by atoms with E-state index < -0.39 is 0 Å². The molecule has 0 radical (unpaired) electrons. The van der Waals surface area contributed by atoms with E-state index in [-0.39, 0.29) is 0 Å². The van der Waals surface area contributed by atoms with Crippen molar-refractivity contribution < 1.29 is 4.74 Å². The molecule has 0 aliphatic heterocycles. The van der Waals surface area contributed by atoms with Crippen molar-refractivity contribution in [3.05, 3.63) is 89.5 Å². The van der Waals surface area contributed by atoms with Gasteiger partial charge in [-0.2, -0.15) is 0 Å². The van der Waals surface area contributed by atoms with Crippen LogP contribution < -0.4 is 10.1 Å². The molecule has 4 rings (SSSR count). The Hall–Kier alpha value is -3.38. The molecule has 0 fully saturated rings. The predicted octanol–water partition coefficient (Wildman–Crippen LogP) is 5.03. The highest BCUT2D eigenvalue weighted by Gasteiger charge is 2.08. The van der Waals surface area contributed by atoms with Gasteiger partial charge in [-0.15, -0.1) is 5.10 Å². The van der Waals surface area contributed by atoms with Crippen LogP contribution in [0.3, 0.4) is 0 Å². The minimum atomic E-state index is 0.504. The van der Waals surface area contributed by atoms with Crippen LogP contribution in [0.25, 0.3) is 5.69 Å². The minimum Gasteiger partial charge on any atom is -0.456 e. The molecule has 140 valence electrons. The lowest BCUT2D eigenvalue weighted by atomic mass is 10.3. The number of anilines is 1. The molecule has 0 saturated carbocycles. The summed E-state index contributed by atoms with van der Waals surface area (Å²) in [6.45, 7) is 2.52. The van der Waals surface area contributed by atoms with Crippen molar-refractivity contribution in [2.24, 2.45) is 0 Å². The van der Waals surface area contributed by atoms with Gasteiger partial charge in [0.1, 0.15) is 17.2 Å². The van der Waals surface area contributed by atoms with Gasteiger partial charge in [-0.25, -0.2) is 4.68 Å². The van der Waals surface area contributed by atoms with Crippen LogP contribution in [-0.2, 0) is 6.54 Å². The number of aromatic nitrogens is 4. The molecule has 0 unspecified atom stereocenters. The number of nitrogens with zero attached hydrogens (tertiary/aromatic N) is 4. The summed E-state index contributed by atoms with van der Waals surface area (Å²) >= 11 is 6.39. The second kappa shape index (κ2) is 8.10. The maximum absolute atomic E-state index is 6.39. The zero-order valence-electron chi connectivity index (χ0n) is 15.2. The van der Waals surface area contributed by atoms with Crippen LogP contribution in [0.15, 0.2) is 73.1 Å². The molecule has 0 aliphatic rings. The maximum atomic E-state index is 6.39. The SMILES string of the molecule is Cc1cc(NCc2cn(-c3ccc(Oc4ccccc4)c(Cl)c3)nn2)ccn1. The molecule has 0 spiro atoms. The van der Waals surface area contributed by atoms with E-state index in [1.54, 1.807) is 16.9 Å². The molecule has 6 nitrogen and oxygen atoms in total. The first-order chi connectivity index (χ1) is 13.7. The van der Waals surface area contributed by atoms with Crippen LogP contribution in [0.2, 0.25) is 5.02 Å². The first kappa shape index (κ1) is 18.0. The molecule has 0 aliphatic carbocycles. The molecule has 2 aromatic carbocycles. The van der Waals surface area contributed by atoms with Gasteiger partial charge in [0.2, 0.25) is 0 Å². The summed E-state index contributed by atoms with van der Waals surface area (Å²) in [5.74, 6) is 1.32. The Bertz CT molecular complexity index is 1080. The van der Waals surface area contributed by atoms with Gasteiger partial charge in [0.05, 0.1) is 23.5 Å². The number of hydrogen-bond donors (Lipinski definition) is 1. The summed E-state index contributed by atoms with van der Waals surface area (Å²) in [6, 6.07) is 18.9. The molecule has 4 aromatic rings. The molecule has 7 heteroatoms. The van der Waals surface area contributed by atoms with Crippen molar-refractivity contribution in [2.75, 3.05) is 5.32 Å². The van der Waals surface area contributed by atoms with Crippen molar-refractivity contribution in [1.82, 2.24) is 20.0 Å². The number of aryl methyl sites for hydroxylation is 1. The van der Waals surface area contributed by atoms with Crippen molar-refractivity contribution >= 4 is 17.3 Å². The third kappa shape index (κ3) is 4.29. The fourth-order valence-electron chi connectivity index (χ4n) is 2.68. The predicted molar refractivity (Wildman–Crippen MR) is 109 cm³/mol. The molecule has 0 saturated heterocycles. The van der Waals surface area contributed by atoms with Crippen molar-refractivity contribution in [2.45, 2.75) is 13.5 Å². The van der Waals surface area contributed by atoms with E-state index in [9.17, 15) is 0 Å². The lowest BCUT2D eigenvalue weighted by Gasteiger charge is -2.09. The van der Waals surface area contributed by atoms with E-state index in [0.29, 0.717) is 17.3 Å². The number of hydrogen-bond acceptors (Lipinski definition) is 5. The molecule has 0 amide bonds. The summed E-state index contributed by atoms with van der Waals surface area (Å²) in [5.41, 5.74) is 3.58. The van der Waals surface area contributed by atoms with E-state index >= 15 is 0 Å². The van der Waals surface area contributed by atoms with Gasteiger partial charge in [0, 0.05) is 17.6 Å². The quantitative estimate of drug-likeness (QED) is 0.499. The van der Waals surface area contributed by atoms with Crippen LogP contribution in [0, 0.1) is 6.92 Å². The maximum Gasteiger partial charge on any atom is 0.146 e. The van der Waals surface area contributed by atoms with Crippen LogP contribution in [0.4, 0.5) is 5.69 Å². The lowest BCUT2D eigenvalue weighted by molar-refractivity contribution is 0.483. The van der Waals surface area contributed by atoms with Gasteiger partial charge in [0.15, 0.2) is 0 Å². The third-order valence-electron chi connectivity index (χ3n) is 4.06. The molecule has 2 aromatic heterocycles. The molecule has 28 heavy (non-hydrogen) atoms. The number of rotatable bonds is 6. The summed E-state index contributed by atoms with van der Waals surface area (Å²) < 4.78 is 7.50. The zero-order valence-corrected chi connectivity index (χ0v) is 16.0. The lowest BCUT2D eigenvalue weighted by Crippen LogP contribution is -2.00. The Morgan fingerprint density at radius 3 is 2.71 bits per heavy atom. The number of ether oxygens (including phenoxy) is 1. The second-order valence-corrected chi connectivity index (χ2v) is 6.63. The van der Waals surface area contributed by atoms with Crippen LogP contribution in [0.1, 0.15) is 11.4 Å². The first-order valence-electron chi connectivity index (χ1n) is 8.78. The fourth-order valence-corrected chi connectivity index (χ4v) is 2.90. The Morgan fingerprint density at radius 1 is 1.07 bits per heavy atom. The molecule has 1 N–H and O–H groups in total. The minimum absolute atomic E-state index is 0.504. The molecule has 2 heterocycles. The molecular weight excluding hydrogens is 374 g/mol. The Morgan fingerprint density at radius 2 is 1.93 bits per heavy atom. The Labute approximate surface area is 167 Å². The average molecular weight is 392 g/mol. The van der Waals surface area contributed by atoms with E-state index in [4.69, 9.17) is 16.3 Å². The van der Waals surface area contributed by atoms with E-state index in [1.807, 2.05) is 67.7 Å². The van der Waals surface area contributed by atoms with E-state index in [2.05, 4.69) is 20.6 Å².